The minimum absolute atomic E-state index is 0.642. The summed E-state index contributed by atoms with van der Waals surface area (Å²) < 4.78 is 0. The topological polar surface area (TPSA) is 23.9 Å². The van der Waals surface area contributed by atoms with Crippen LogP contribution in [0.2, 0.25) is 0 Å². The molecule has 0 spiro atoms. The molecule has 0 unspecified atom stereocenters. The Morgan fingerprint density at radius 1 is 1.50 bits per heavy atom. The van der Waals surface area contributed by atoms with Gasteiger partial charge in [-0.25, -0.2) is 0 Å². The molecule has 0 aromatic heterocycles. The van der Waals surface area contributed by atoms with E-state index in [1.807, 2.05) is 31.2 Å². The van der Waals surface area contributed by atoms with Gasteiger partial charge in [0.05, 0.1) is 0 Å². The molecule has 0 bridgehead atoms. The van der Waals surface area contributed by atoms with Crippen LogP contribution in [0.5, 0.6) is 0 Å². The first-order valence-corrected chi connectivity index (χ1v) is 4.00. The lowest BCUT2D eigenvalue weighted by Crippen LogP contribution is -1.99. The standard InChI is InChI=1S/C11H13N/c1-3-6-11(12)10-8-5-4-7-9(10)2/h3-5,7-8,12H,1,6H2,2H3. The van der Waals surface area contributed by atoms with Crippen LogP contribution in [0, 0.1) is 12.3 Å². The lowest BCUT2D eigenvalue weighted by molar-refractivity contribution is 1.32. The molecule has 0 amide bonds. The number of benzene rings is 1. The number of nitrogens with one attached hydrogen (secondary N) is 1. The lowest BCUT2D eigenvalue weighted by Gasteiger charge is -2.03. The number of rotatable bonds is 3. The Balaban J connectivity index is 2.94. The zero-order valence-corrected chi connectivity index (χ0v) is 7.30. The molecular formula is C11H13N. The molecule has 0 aliphatic rings. The van der Waals surface area contributed by atoms with Gasteiger partial charge in [-0.15, -0.1) is 6.58 Å². The number of hydrogen-bond donors (Lipinski definition) is 1. The quantitative estimate of drug-likeness (QED) is 0.518. The van der Waals surface area contributed by atoms with Crippen molar-refractivity contribution < 1.29 is 0 Å². The van der Waals surface area contributed by atoms with Crippen molar-refractivity contribution in [1.82, 2.24) is 0 Å². The molecule has 1 heteroatoms. The highest BCUT2D eigenvalue weighted by Gasteiger charge is 2.00. The maximum Gasteiger partial charge on any atom is 0.0426 e. The minimum Gasteiger partial charge on any atom is -0.304 e. The summed E-state index contributed by atoms with van der Waals surface area (Å²) in [5, 5.41) is 7.70. The molecule has 0 aliphatic heterocycles. The lowest BCUT2D eigenvalue weighted by atomic mass is 10.0. The first kappa shape index (κ1) is 8.72. The molecule has 0 heterocycles. The number of hydrogen-bond acceptors (Lipinski definition) is 1. The molecule has 62 valence electrons. The SMILES string of the molecule is C=CCC(=N)c1ccccc1C. The van der Waals surface area contributed by atoms with Gasteiger partial charge in [-0.2, -0.15) is 0 Å². The van der Waals surface area contributed by atoms with E-state index in [9.17, 15) is 0 Å². The van der Waals surface area contributed by atoms with Gasteiger partial charge in [0.15, 0.2) is 0 Å². The Labute approximate surface area is 73.3 Å². The largest absolute Gasteiger partial charge is 0.304 e. The molecule has 0 aliphatic carbocycles. The van der Waals surface area contributed by atoms with Crippen LogP contribution in [0.1, 0.15) is 17.5 Å². The van der Waals surface area contributed by atoms with Gasteiger partial charge in [0.2, 0.25) is 0 Å². The average molecular weight is 159 g/mol. The van der Waals surface area contributed by atoms with Crippen molar-refractivity contribution in [2.24, 2.45) is 0 Å². The molecule has 0 fully saturated rings. The molecule has 0 saturated heterocycles. The highest BCUT2D eigenvalue weighted by atomic mass is 14.4. The van der Waals surface area contributed by atoms with Crippen LogP contribution in [0.25, 0.3) is 0 Å². The maximum absolute atomic E-state index is 7.70. The second-order valence-corrected chi connectivity index (χ2v) is 2.79. The molecule has 1 aromatic rings. The van der Waals surface area contributed by atoms with Gasteiger partial charge in [0, 0.05) is 12.1 Å². The van der Waals surface area contributed by atoms with E-state index >= 15 is 0 Å². The van der Waals surface area contributed by atoms with Crippen LogP contribution < -0.4 is 0 Å². The van der Waals surface area contributed by atoms with Crippen molar-refractivity contribution in [1.29, 1.82) is 5.41 Å². The van der Waals surface area contributed by atoms with E-state index in [1.54, 1.807) is 6.08 Å². The molecule has 0 atom stereocenters. The first-order valence-electron chi connectivity index (χ1n) is 4.00. The predicted molar refractivity (Wildman–Crippen MR) is 52.8 cm³/mol. The van der Waals surface area contributed by atoms with E-state index < -0.39 is 0 Å². The molecule has 12 heavy (non-hydrogen) atoms. The fraction of sp³-hybridized carbons (Fsp3) is 0.182. The Bertz CT molecular complexity index is 300. The third-order valence-electron chi connectivity index (χ3n) is 1.82. The van der Waals surface area contributed by atoms with E-state index in [0.717, 1.165) is 11.1 Å². The zero-order chi connectivity index (χ0) is 8.97. The smallest absolute Gasteiger partial charge is 0.0426 e. The summed E-state index contributed by atoms with van der Waals surface area (Å²) in [5.41, 5.74) is 2.82. The van der Waals surface area contributed by atoms with E-state index in [0.29, 0.717) is 12.1 Å². The Morgan fingerprint density at radius 2 is 2.17 bits per heavy atom. The molecule has 1 aromatic carbocycles. The number of allylic oxidation sites excluding steroid dienone is 1. The summed E-state index contributed by atoms with van der Waals surface area (Å²) >= 11 is 0. The monoisotopic (exact) mass is 159 g/mol. The Hall–Kier alpha value is -1.37. The van der Waals surface area contributed by atoms with Crippen molar-refractivity contribution in [2.45, 2.75) is 13.3 Å². The fourth-order valence-corrected chi connectivity index (χ4v) is 1.17. The second-order valence-electron chi connectivity index (χ2n) is 2.79. The third kappa shape index (κ3) is 1.82. The van der Waals surface area contributed by atoms with Crippen molar-refractivity contribution >= 4 is 5.71 Å². The van der Waals surface area contributed by atoms with Crippen molar-refractivity contribution in [3.05, 3.63) is 48.0 Å². The summed E-state index contributed by atoms with van der Waals surface area (Å²) in [6, 6.07) is 7.94. The average Bonchev–Trinajstić information content (AvgIpc) is 2.05. The summed E-state index contributed by atoms with van der Waals surface area (Å²) in [7, 11) is 0. The first-order chi connectivity index (χ1) is 5.75. The van der Waals surface area contributed by atoms with Crippen LogP contribution >= 0.6 is 0 Å². The van der Waals surface area contributed by atoms with Gasteiger partial charge >= 0.3 is 0 Å². The van der Waals surface area contributed by atoms with E-state index in [-0.39, 0.29) is 0 Å². The predicted octanol–water partition coefficient (Wildman–Crippen LogP) is 2.94. The Kier molecular flexibility index (Phi) is 2.81. The van der Waals surface area contributed by atoms with Gasteiger partial charge in [-0.1, -0.05) is 30.3 Å². The van der Waals surface area contributed by atoms with Crippen molar-refractivity contribution in [3.8, 4) is 0 Å². The van der Waals surface area contributed by atoms with Gasteiger partial charge in [-0.3, -0.25) is 0 Å². The number of aryl methyl sites for hydroxylation is 1. The van der Waals surface area contributed by atoms with Crippen LogP contribution in [0.15, 0.2) is 36.9 Å². The van der Waals surface area contributed by atoms with Gasteiger partial charge < -0.3 is 5.41 Å². The van der Waals surface area contributed by atoms with Gasteiger partial charge in [0.25, 0.3) is 0 Å². The highest BCUT2D eigenvalue weighted by molar-refractivity contribution is 6.00. The summed E-state index contributed by atoms with van der Waals surface area (Å²) in [6.45, 7) is 5.64. The maximum atomic E-state index is 7.70. The van der Waals surface area contributed by atoms with E-state index in [1.165, 1.54) is 0 Å². The highest BCUT2D eigenvalue weighted by Crippen LogP contribution is 2.09. The van der Waals surface area contributed by atoms with E-state index in [4.69, 9.17) is 5.41 Å². The van der Waals surface area contributed by atoms with Crippen LogP contribution in [0.3, 0.4) is 0 Å². The summed E-state index contributed by atoms with van der Waals surface area (Å²) in [5.74, 6) is 0. The molecule has 1 rings (SSSR count). The molecular weight excluding hydrogens is 146 g/mol. The summed E-state index contributed by atoms with van der Waals surface area (Å²) in [4.78, 5) is 0. The molecule has 0 radical (unpaired) electrons. The van der Waals surface area contributed by atoms with Gasteiger partial charge in [-0.05, 0) is 18.1 Å². The Morgan fingerprint density at radius 3 is 2.75 bits per heavy atom. The van der Waals surface area contributed by atoms with Crippen LogP contribution in [-0.2, 0) is 0 Å². The third-order valence-corrected chi connectivity index (χ3v) is 1.82. The fourth-order valence-electron chi connectivity index (χ4n) is 1.17. The van der Waals surface area contributed by atoms with Crippen molar-refractivity contribution in [2.75, 3.05) is 0 Å². The molecule has 1 N–H and O–H groups in total. The van der Waals surface area contributed by atoms with E-state index in [2.05, 4.69) is 6.58 Å². The zero-order valence-electron chi connectivity index (χ0n) is 7.30. The summed E-state index contributed by atoms with van der Waals surface area (Å²) in [6.07, 6.45) is 2.40. The van der Waals surface area contributed by atoms with Crippen LogP contribution in [-0.4, -0.2) is 5.71 Å². The van der Waals surface area contributed by atoms with Crippen molar-refractivity contribution in [3.63, 3.8) is 0 Å². The second kappa shape index (κ2) is 3.86. The van der Waals surface area contributed by atoms with Gasteiger partial charge in [0.1, 0.15) is 0 Å². The minimum atomic E-state index is 0.642. The molecule has 1 nitrogen and oxygen atoms in total. The normalized spacial score (nSPS) is 9.42. The molecule has 0 saturated carbocycles. The van der Waals surface area contributed by atoms with Crippen LogP contribution in [0.4, 0.5) is 0 Å².